The van der Waals surface area contributed by atoms with Gasteiger partial charge < -0.3 is 4.42 Å². The van der Waals surface area contributed by atoms with Gasteiger partial charge in [0.15, 0.2) is 0 Å². The van der Waals surface area contributed by atoms with E-state index < -0.39 is 0 Å². The summed E-state index contributed by atoms with van der Waals surface area (Å²) < 4.78 is 6.30. The molecule has 0 amide bonds. The van der Waals surface area contributed by atoms with Crippen LogP contribution in [0.3, 0.4) is 0 Å². The fourth-order valence-electron chi connectivity index (χ4n) is 4.14. The molecule has 0 atom stereocenters. The zero-order valence-electron chi connectivity index (χ0n) is 16.1. The molecule has 3 aromatic carbocycles. The third-order valence-electron chi connectivity index (χ3n) is 5.28. The lowest BCUT2D eigenvalue weighted by Crippen LogP contribution is -1.92. The van der Waals surface area contributed by atoms with Crippen molar-refractivity contribution in [1.29, 1.82) is 0 Å². The Morgan fingerprint density at radius 3 is 2.23 bits per heavy atom. The Labute approximate surface area is 155 Å². The van der Waals surface area contributed by atoms with Crippen LogP contribution in [0.5, 0.6) is 0 Å². The minimum absolute atomic E-state index is 0.937. The largest absolute Gasteiger partial charge is 0.456 e. The van der Waals surface area contributed by atoms with Gasteiger partial charge in [0.1, 0.15) is 11.2 Å². The van der Waals surface area contributed by atoms with Crippen molar-refractivity contribution in [3.63, 3.8) is 0 Å². The SMILES string of the molecule is CCc1cc(CC)c2oc3cccc(Cc4cc(C)cc(C)c4)c3c2c1. The quantitative estimate of drug-likeness (QED) is 0.392. The summed E-state index contributed by atoms with van der Waals surface area (Å²) >= 11 is 0. The number of benzene rings is 3. The van der Waals surface area contributed by atoms with Crippen molar-refractivity contribution in [2.45, 2.75) is 47.0 Å². The highest BCUT2D eigenvalue weighted by Crippen LogP contribution is 2.35. The second-order valence-corrected chi connectivity index (χ2v) is 7.40. The first kappa shape index (κ1) is 16.9. The lowest BCUT2D eigenvalue weighted by molar-refractivity contribution is 0.663. The van der Waals surface area contributed by atoms with Crippen LogP contribution in [-0.2, 0) is 19.3 Å². The number of rotatable bonds is 4. The Hall–Kier alpha value is -2.54. The van der Waals surface area contributed by atoms with Crippen LogP contribution in [0, 0.1) is 13.8 Å². The van der Waals surface area contributed by atoms with Gasteiger partial charge in [-0.1, -0.05) is 61.4 Å². The normalized spacial score (nSPS) is 11.5. The van der Waals surface area contributed by atoms with E-state index in [4.69, 9.17) is 4.42 Å². The summed E-state index contributed by atoms with van der Waals surface area (Å²) in [5, 5.41) is 2.56. The van der Waals surface area contributed by atoms with E-state index in [9.17, 15) is 0 Å². The summed E-state index contributed by atoms with van der Waals surface area (Å²) in [7, 11) is 0. The van der Waals surface area contributed by atoms with E-state index in [2.05, 4.69) is 76.2 Å². The molecular formula is C25H26O. The molecule has 26 heavy (non-hydrogen) atoms. The standard InChI is InChI=1S/C25H26O/c1-5-18-13-20(6-2)25-22(15-18)24-21(8-7-9-23(24)26-25)14-19-11-16(3)10-17(4)12-19/h7-13,15H,5-6,14H2,1-4H3. The molecule has 0 aliphatic carbocycles. The molecule has 0 saturated heterocycles. The molecule has 1 heterocycles. The van der Waals surface area contributed by atoms with Crippen LogP contribution in [0.4, 0.5) is 0 Å². The lowest BCUT2D eigenvalue weighted by Gasteiger charge is -2.07. The van der Waals surface area contributed by atoms with Gasteiger partial charge in [0.05, 0.1) is 0 Å². The number of hydrogen-bond donors (Lipinski definition) is 0. The summed E-state index contributed by atoms with van der Waals surface area (Å²) in [6.07, 6.45) is 2.98. The van der Waals surface area contributed by atoms with Gasteiger partial charge in [0, 0.05) is 10.8 Å². The molecule has 0 N–H and O–H groups in total. The highest BCUT2D eigenvalue weighted by atomic mass is 16.3. The first-order valence-corrected chi connectivity index (χ1v) is 9.62. The molecule has 1 aromatic heterocycles. The summed E-state index contributed by atoms with van der Waals surface area (Å²) in [6.45, 7) is 8.77. The van der Waals surface area contributed by atoms with Gasteiger partial charge in [0.25, 0.3) is 0 Å². The van der Waals surface area contributed by atoms with E-state index in [1.165, 1.54) is 44.2 Å². The maximum absolute atomic E-state index is 6.30. The summed E-state index contributed by atoms with van der Waals surface area (Å²) in [4.78, 5) is 0. The topological polar surface area (TPSA) is 13.1 Å². The van der Waals surface area contributed by atoms with Gasteiger partial charge in [-0.15, -0.1) is 0 Å². The number of furan rings is 1. The van der Waals surface area contributed by atoms with Gasteiger partial charge in [-0.3, -0.25) is 0 Å². The molecule has 4 rings (SSSR count). The van der Waals surface area contributed by atoms with Crippen molar-refractivity contribution < 1.29 is 4.42 Å². The summed E-state index contributed by atoms with van der Waals surface area (Å²) in [5.74, 6) is 0. The molecule has 1 nitrogen and oxygen atoms in total. The Bertz CT molecular complexity index is 1080. The third-order valence-corrected chi connectivity index (χ3v) is 5.28. The van der Waals surface area contributed by atoms with E-state index in [0.29, 0.717) is 0 Å². The molecule has 4 aromatic rings. The zero-order valence-corrected chi connectivity index (χ0v) is 16.1. The van der Waals surface area contributed by atoms with E-state index in [0.717, 1.165) is 30.4 Å². The van der Waals surface area contributed by atoms with Crippen LogP contribution in [0.2, 0.25) is 0 Å². The van der Waals surface area contributed by atoms with Crippen molar-refractivity contribution >= 4 is 21.9 Å². The van der Waals surface area contributed by atoms with Gasteiger partial charge >= 0.3 is 0 Å². The third kappa shape index (κ3) is 2.92. The average Bonchev–Trinajstić information content (AvgIpc) is 2.99. The molecule has 0 aliphatic heterocycles. The highest BCUT2D eigenvalue weighted by Gasteiger charge is 2.15. The maximum atomic E-state index is 6.30. The molecule has 0 saturated carbocycles. The van der Waals surface area contributed by atoms with Crippen LogP contribution >= 0.6 is 0 Å². The lowest BCUT2D eigenvalue weighted by atomic mass is 9.95. The predicted molar refractivity (Wildman–Crippen MR) is 111 cm³/mol. The minimum Gasteiger partial charge on any atom is -0.456 e. The van der Waals surface area contributed by atoms with Crippen LogP contribution in [-0.4, -0.2) is 0 Å². The maximum Gasteiger partial charge on any atom is 0.138 e. The van der Waals surface area contributed by atoms with Crippen LogP contribution in [0.1, 0.15) is 47.2 Å². The summed E-state index contributed by atoms with van der Waals surface area (Å²) in [5.41, 5.74) is 10.1. The number of aryl methyl sites for hydroxylation is 4. The number of hydrogen-bond acceptors (Lipinski definition) is 1. The average molecular weight is 342 g/mol. The van der Waals surface area contributed by atoms with E-state index >= 15 is 0 Å². The monoisotopic (exact) mass is 342 g/mol. The van der Waals surface area contributed by atoms with Gasteiger partial charge in [0.2, 0.25) is 0 Å². The fraction of sp³-hybridized carbons (Fsp3) is 0.280. The molecule has 0 unspecified atom stereocenters. The Balaban J connectivity index is 1.95. The van der Waals surface area contributed by atoms with E-state index in [-0.39, 0.29) is 0 Å². The second kappa shape index (κ2) is 6.64. The highest BCUT2D eigenvalue weighted by molar-refractivity contribution is 6.08. The van der Waals surface area contributed by atoms with Gasteiger partial charge in [-0.25, -0.2) is 0 Å². The second-order valence-electron chi connectivity index (χ2n) is 7.40. The Morgan fingerprint density at radius 1 is 0.769 bits per heavy atom. The van der Waals surface area contributed by atoms with Gasteiger partial charge in [-0.05, 0) is 67.5 Å². The van der Waals surface area contributed by atoms with Crippen molar-refractivity contribution in [2.24, 2.45) is 0 Å². The van der Waals surface area contributed by atoms with Crippen LogP contribution in [0.25, 0.3) is 21.9 Å². The number of fused-ring (bicyclic) bond motifs is 3. The van der Waals surface area contributed by atoms with Crippen molar-refractivity contribution in [3.05, 3.63) is 81.9 Å². The Kier molecular flexibility index (Phi) is 4.32. The first-order chi connectivity index (χ1) is 12.6. The zero-order chi connectivity index (χ0) is 18.3. The molecule has 0 aliphatic rings. The van der Waals surface area contributed by atoms with Crippen molar-refractivity contribution in [2.75, 3.05) is 0 Å². The fourth-order valence-corrected chi connectivity index (χ4v) is 4.14. The minimum atomic E-state index is 0.937. The molecule has 0 bridgehead atoms. The molecule has 0 radical (unpaired) electrons. The predicted octanol–water partition coefficient (Wildman–Crippen LogP) is 6.92. The summed E-state index contributed by atoms with van der Waals surface area (Å²) in [6, 6.07) is 17.9. The van der Waals surface area contributed by atoms with Crippen LogP contribution < -0.4 is 0 Å². The molecule has 1 heteroatoms. The molecule has 132 valence electrons. The molecule has 0 spiro atoms. The molecule has 0 fully saturated rings. The van der Waals surface area contributed by atoms with Crippen molar-refractivity contribution in [3.8, 4) is 0 Å². The van der Waals surface area contributed by atoms with E-state index in [1.807, 2.05) is 0 Å². The van der Waals surface area contributed by atoms with Crippen molar-refractivity contribution in [1.82, 2.24) is 0 Å². The smallest absolute Gasteiger partial charge is 0.138 e. The Morgan fingerprint density at radius 2 is 1.54 bits per heavy atom. The van der Waals surface area contributed by atoms with E-state index in [1.54, 1.807) is 0 Å². The first-order valence-electron chi connectivity index (χ1n) is 9.62. The molecular weight excluding hydrogens is 316 g/mol. The van der Waals surface area contributed by atoms with Gasteiger partial charge in [-0.2, -0.15) is 0 Å². The van der Waals surface area contributed by atoms with Crippen LogP contribution in [0.15, 0.2) is 52.9 Å².